The summed E-state index contributed by atoms with van der Waals surface area (Å²) in [7, 11) is 1.73. The minimum absolute atomic E-state index is 0.0142. The predicted octanol–water partition coefficient (Wildman–Crippen LogP) is 3.27. The Kier molecular flexibility index (Phi) is 4.65. The number of nitrogens with zero attached hydrogens (tertiary/aromatic N) is 1. The number of carbonyl (C=O) groups excluding carboxylic acids is 1. The van der Waals surface area contributed by atoms with Gasteiger partial charge >= 0.3 is 6.03 Å². The van der Waals surface area contributed by atoms with Gasteiger partial charge < -0.3 is 20.4 Å². The summed E-state index contributed by atoms with van der Waals surface area (Å²) in [5, 5.41) is 2.84. The molecule has 0 aliphatic rings. The van der Waals surface area contributed by atoms with E-state index in [-0.39, 0.29) is 12.1 Å². The van der Waals surface area contributed by atoms with Gasteiger partial charge in [0.2, 0.25) is 0 Å². The average Bonchev–Trinajstić information content (AvgIpc) is 2.84. The monoisotopic (exact) mass is 287 g/mol. The Morgan fingerprint density at radius 3 is 2.48 bits per heavy atom. The molecule has 21 heavy (non-hydrogen) atoms. The maximum absolute atomic E-state index is 12.1. The fourth-order valence-electron chi connectivity index (χ4n) is 1.96. The van der Waals surface area contributed by atoms with Crippen LogP contribution >= 0.6 is 0 Å². The van der Waals surface area contributed by atoms with Crippen molar-refractivity contribution in [3.8, 4) is 0 Å². The smallest absolute Gasteiger partial charge is 0.321 e. The van der Waals surface area contributed by atoms with Gasteiger partial charge in [0.1, 0.15) is 11.5 Å². The van der Waals surface area contributed by atoms with E-state index in [0.29, 0.717) is 6.54 Å². The molecule has 2 rings (SSSR count). The van der Waals surface area contributed by atoms with Crippen molar-refractivity contribution in [2.45, 2.75) is 26.4 Å². The molecule has 1 unspecified atom stereocenters. The van der Waals surface area contributed by atoms with Crippen molar-refractivity contribution in [3.63, 3.8) is 0 Å². The highest BCUT2D eigenvalue weighted by atomic mass is 16.3. The molecule has 1 aromatic heterocycles. The summed E-state index contributed by atoms with van der Waals surface area (Å²) >= 11 is 0. The summed E-state index contributed by atoms with van der Waals surface area (Å²) in [6.45, 7) is 4.23. The van der Waals surface area contributed by atoms with E-state index in [9.17, 15) is 4.79 Å². The largest absolute Gasteiger partial charge is 0.464 e. The number of nitrogens with one attached hydrogen (secondary N) is 1. The number of aryl methyl sites for hydroxylation is 1. The minimum atomic E-state index is -0.183. The molecule has 112 valence electrons. The van der Waals surface area contributed by atoms with Gasteiger partial charge in [0.05, 0.1) is 6.54 Å². The van der Waals surface area contributed by atoms with E-state index in [1.165, 1.54) is 0 Å². The van der Waals surface area contributed by atoms with Crippen LogP contribution < -0.4 is 11.1 Å². The molecule has 0 spiro atoms. The molecule has 0 aliphatic carbocycles. The first-order chi connectivity index (χ1) is 9.95. The van der Waals surface area contributed by atoms with Crippen LogP contribution in [-0.4, -0.2) is 18.0 Å². The molecule has 2 amide bonds. The maximum atomic E-state index is 12.1. The molecule has 0 aliphatic heterocycles. The number of rotatable bonds is 4. The Morgan fingerprint density at radius 1 is 1.29 bits per heavy atom. The van der Waals surface area contributed by atoms with Crippen LogP contribution in [0, 0.1) is 6.92 Å². The van der Waals surface area contributed by atoms with Crippen LogP contribution in [0.5, 0.6) is 0 Å². The van der Waals surface area contributed by atoms with Crippen molar-refractivity contribution in [1.82, 2.24) is 4.90 Å². The van der Waals surface area contributed by atoms with Gasteiger partial charge in [-0.05, 0) is 43.7 Å². The molecule has 0 saturated carbocycles. The summed E-state index contributed by atoms with van der Waals surface area (Å²) in [6.07, 6.45) is 0. The van der Waals surface area contributed by atoms with Crippen LogP contribution in [0.25, 0.3) is 0 Å². The number of anilines is 1. The van der Waals surface area contributed by atoms with E-state index < -0.39 is 0 Å². The van der Waals surface area contributed by atoms with Gasteiger partial charge in [-0.25, -0.2) is 4.79 Å². The van der Waals surface area contributed by atoms with Crippen molar-refractivity contribution >= 4 is 11.7 Å². The van der Waals surface area contributed by atoms with E-state index in [1.807, 2.05) is 50.2 Å². The molecule has 1 aromatic carbocycles. The molecular weight excluding hydrogens is 266 g/mol. The summed E-state index contributed by atoms with van der Waals surface area (Å²) in [5.41, 5.74) is 7.57. The van der Waals surface area contributed by atoms with E-state index in [0.717, 1.165) is 22.8 Å². The van der Waals surface area contributed by atoms with Crippen molar-refractivity contribution in [2.75, 3.05) is 12.4 Å². The molecule has 1 atom stereocenters. The summed E-state index contributed by atoms with van der Waals surface area (Å²) < 4.78 is 5.46. The summed E-state index contributed by atoms with van der Waals surface area (Å²) in [6, 6.07) is 11.1. The van der Waals surface area contributed by atoms with Crippen LogP contribution in [0.3, 0.4) is 0 Å². The van der Waals surface area contributed by atoms with E-state index in [4.69, 9.17) is 10.2 Å². The fraction of sp³-hybridized carbons (Fsp3) is 0.312. The third-order valence-corrected chi connectivity index (χ3v) is 3.22. The minimum Gasteiger partial charge on any atom is -0.464 e. The highest BCUT2D eigenvalue weighted by Crippen LogP contribution is 2.15. The molecular formula is C16H21N3O2. The molecule has 5 nitrogen and oxygen atoms in total. The zero-order valence-corrected chi connectivity index (χ0v) is 12.6. The lowest BCUT2D eigenvalue weighted by molar-refractivity contribution is 0.216. The van der Waals surface area contributed by atoms with Crippen LogP contribution in [0.15, 0.2) is 40.8 Å². The quantitative estimate of drug-likeness (QED) is 0.906. The van der Waals surface area contributed by atoms with Gasteiger partial charge in [0.15, 0.2) is 0 Å². The first kappa shape index (κ1) is 15.1. The molecule has 5 heteroatoms. The van der Waals surface area contributed by atoms with Crippen LogP contribution in [0.4, 0.5) is 10.5 Å². The number of amides is 2. The Balaban J connectivity index is 1.93. The lowest BCUT2D eigenvalue weighted by Crippen LogP contribution is -2.30. The zero-order chi connectivity index (χ0) is 15.4. The second-order valence-corrected chi connectivity index (χ2v) is 5.21. The Hall–Kier alpha value is -2.27. The average molecular weight is 287 g/mol. The third-order valence-electron chi connectivity index (χ3n) is 3.22. The Bertz CT molecular complexity index is 602. The number of hydrogen-bond donors (Lipinski definition) is 2. The number of nitrogens with two attached hydrogens (primary N) is 1. The van der Waals surface area contributed by atoms with E-state index in [1.54, 1.807) is 11.9 Å². The summed E-state index contributed by atoms with van der Waals surface area (Å²) in [4.78, 5) is 13.7. The first-order valence-corrected chi connectivity index (χ1v) is 6.88. The van der Waals surface area contributed by atoms with Gasteiger partial charge in [0.25, 0.3) is 0 Å². The third kappa shape index (κ3) is 4.10. The molecule has 0 saturated heterocycles. The van der Waals surface area contributed by atoms with Crippen LogP contribution in [0.2, 0.25) is 0 Å². The number of hydrogen-bond acceptors (Lipinski definition) is 3. The fourth-order valence-corrected chi connectivity index (χ4v) is 1.96. The van der Waals surface area contributed by atoms with E-state index >= 15 is 0 Å². The van der Waals surface area contributed by atoms with Crippen LogP contribution in [0.1, 0.15) is 30.0 Å². The predicted molar refractivity (Wildman–Crippen MR) is 83.0 cm³/mol. The maximum Gasteiger partial charge on any atom is 0.321 e. The standard InChI is InChI=1S/C16H21N3O2/c1-11-4-9-15(21-11)10-19(3)16(20)18-14-7-5-13(6-8-14)12(2)17/h4-9,12H,10,17H2,1-3H3,(H,18,20). The topological polar surface area (TPSA) is 71.5 Å². The zero-order valence-electron chi connectivity index (χ0n) is 12.6. The molecule has 0 radical (unpaired) electrons. The normalized spacial score (nSPS) is 12.0. The van der Waals surface area contributed by atoms with Crippen molar-refractivity contribution in [2.24, 2.45) is 5.73 Å². The number of carbonyl (C=O) groups is 1. The van der Waals surface area contributed by atoms with Crippen LogP contribution in [-0.2, 0) is 6.54 Å². The van der Waals surface area contributed by atoms with Gasteiger partial charge in [-0.2, -0.15) is 0 Å². The van der Waals surface area contributed by atoms with Crippen molar-refractivity contribution < 1.29 is 9.21 Å². The number of furan rings is 1. The van der Waals surface area contributed by atoms with E-state index in [2.05, 4.69) is 5.32 Å². The molecule has 0 fully saturated rings. The number of urea groups is 1. The highest BCUT2D eigenvalue weighted by molar-refractivity contribution is 5.89. The summed E-state index contributed by atoms with van der Waals surface area (Å²) in [5.74, 6) is 1.60. The lowest BCUT2D eigenvalue weighted by atomic mass is 10.1. The second-order valence-electron chi connectivity index (χ2n) is 5.21. The molecule has 1 heterocycles. The molecule has 3 N–H and O–H groups in total. The molecule has 0 bridgehead atoms. The Labute approximate surface area is 124 Å². The van der Waals surface area contributed by atoms with Crippen molar-refractivity contribution in [3.05, 3.63) is 53.5 Å². The van der Waals surface area contributed by atoms with Gasteiger partial charge in [-0.15, -0.1) is 0 Å². The highest BCUT2D eigenvalue weighted by Gasteiger charge is 2.11. The lowest BCUT2D eigenvalue weighted by Gasteiger charge is -2.17. The first-order valence-electron chi connectivity index (χ1n) is 6.88. The SMILES string of the molecule is Cc1ccc(CN(C)C(=O)Nc2ccc(C(C)N)cc2)o1. The van der Waals surface area contributed by atoms with Gasteiger partial charge in [-0.3, -0.25) is 0 Å². The molecule has 2 aromatic rings. The van der Waals surface area contributed by atoms with Gasteiger partial charge in [-0.1, -0.05) is 12.1 Å². The van der Waals surface area contributed by atoms with Gasteiger partial charge in [0, 0.05) is 18.8 Å². The Morgan fingerprint density at radius 2 is 1.95 bits per heavy atom. The number of benzene rings is 1. The van der Waals surface area contributed by atoms with Crippen molar-refractivity contribution in [1.29, 1.82) is 0 Å². The second kappa shape index (κ2) is 6.45.